The number of hydrogen-bond acceptors (Lipinski definition) is 4. The Morgan fingerprint density at radius 3 is 2.75 bits per heavy atom. The molecule has 88 valence electrons. The third-order valence-electron chi connectivity index (χ3n) is 2.98. The van der Waals surface area contributed by atoms with Gasteiger partial charge in [-0.05, 0) is 17.7 Å². The lowest BCUT2D eigenvalue weighted by atomic mass is 10.1. The van der Waals surface area contributed by atoms with E-state index in [9.17, 15) is 5.11 Å². The molecule has 1 aromatic carbocycles. The van der Waals surface area contributed by atoms with E-state index in [0.29, 0.717) is 12.3 Å². The fraction of sp³-hybridized carbons (Fsp3) is 0.500. The normalized spacial score (nSPS) is 17.6. The molecule has 1 aromatic rings. The Balaban J connectivity index is 2.03. The minimum Gasteiger partial charge on any atom is -0.508 e. The monoisotopic (exact) mass is 221 g/mol. The molecule has 1 aliphatic heterocycles. The lowest BCUT2D eigenvalue weighted by Gasteiger charge is -2.27. The van der Waals surface area contributed by atoms with Gasteiger partial charge in [-0.15, -0.1) is 0 Å². The lowest BCUT2D eigenvalue weighted by molar-refractivity contribution is 0.233. The second kappa shape index (κ2) is 5.30. The van der Waals surface area contributed by atoms with Crippen LogP contribution in [0.2, 0.25) is 0 Å². The fourth-order valence-electron chi connectivity index (χ4n) is 2.03. The summed E-state index contributed by atoms with van der Waals surface area (Å²) < 4.78 is 0. The highest BCUT2D eigenvalue weighted by Crippen LogP contribution is 2.18. The Morgan fingerprint density at radius 2 is 2.06 bits per heavy atom. The maximum atomic E-state index is 9.54. The first-order valence-electron chi connectivity index (χ1n) is 5.73. The largest absolute Gasteiger partial charge is 0.508 e. The van der Waals surface area contributed by atoms with E-state index >= 15 is 0 Å². The van der Waals surface area contributed by atoms with Gasteiger partial charge in [0, 0.05) is 44.8 Å². The predicted molar refractivity (Wildman–Crippen MR) is 64.1 cm³/mol. The number of rotatable bonds is 3. The highest BCUT2D eigenvalue weighted by atomic mass is 16.3. The smallest absolute Gasteiger partial charge is 0.120 e. The van der Waals surface area contributed by atoms with Gasteiger partial charge in [0.2, 0.25) is 0 Å². The van der Waals surface area contributed by atoms with Crippen LogP contribution in [0.1, 0.15) is 11.1 Å². The van der Waals surface area contributed by atoms with Gasteiger partial charge in [0.25, 0.3) is 0 Å². The van der Waals surface area contributed by atoms with Crippen LogP contribution < -0.4 is 11.1 Å². The molecule has 1 fully saturated rings. The van der Waals surface area contributed by atoms with Crippen LogP contribution in [0.25, 0.3) is 0 Å². The highest BCUT2D eigenvalue weighted by molar-refractivity contribution is 5.36. The number of piperazine rings is 1. The molecule has 1 saturated heterocycles. The van der Waals surface area contributed by atoms with Gasteiger partial charge < -0.3 is 16.2 Å². The third-order valence-corrected chi connectivity index (χ3v) is 2.98. The molecule has 0 aliphatic carbocycles. The molecule has 4 nitrogen and oxygen atoms in total. The molecule has 2 rings (SSSR count). The standard InChI is InChI=1S/C12H19N3O/c13-8-11-7-10(1-2-12(11)16)9-15-5-3-14-4-6-15/h1-2,7,14,16H,3-6,8-9,13H2. The molecule has 0 spiro atoms. The molecule has 0 saturated carbocycles. The van der Waals surface area contributed by atoms with Crippen LogP contribution in [-0.4, -0.2) is 36.2 Å². The number of benzene rings is 1. The summed E-state index contributed by atoms with van der Waals surface area (Å²) in [5.41, 5.74) is 7.62. The molecule has 1 heterocycles. The van der Waals surface area contributed by atoms with Crippen molar-refractivity contribution < 1.29 is 5.11 Å². The summed E-state index contributed by atoms with van der Waals surface area (Å²) >= 11 is 0. The molecule has 0 radical (unpaired) electrons. The van der Waals surface area contributed by atoms with E-state index in [1.165, 1.54) is 5.56 Å². The van der Waals surface area contributed by atoms with Crippen LogP contribution >= 0.6 is 0 Å². The van der Waals surface area contributed by atoms with E-state index < -0.39 is 0 Å². The zero-order chi connectivity index (χ0) is 11.4. The number of nitrogens with one attached hydrogen (secondary N) is 1. The Labute approximate surface area is 96.1 Å². The van der Waals surface area contributed by atoms with E-state index in [-0.39, 0.29) is 0 Å². The number of phenols is 1. The van der Waals surface area contributed by atoms with Crippen molar-refractivity contribution in [1.29, 1.82) is 0 Å². The zero-order valence-electron chi connectivity index (χ0n) is 9.45. The van der Waals surface area contributed by atoms with Crippen molar-refractivity contribution in [1.82, 2.24) is 10.2 Å². The number of phenolic OH excluding ortho intramolecular Hbond substituents is 1. The molecule has 4 N–H and O–H groups in total. The number of hydrogen-bond donors (Lipinski definition) is 3. The van der Waals surface area contributed by atoms with Crippen molar-refractivity contribution in [2.75, 3.05) is 26.2 Å². The number of nitrogens with zero attached hydrogens (tertiary/aromatic N) is 1. The number of nitrogens with two attached hydrogens (primary N) is 1. The van der Waals surface area contributed by atoms with Gasteiger partial charge in [-0.3, -0.25) is 4.90 Å². The maximum absolute atomic E-state index is 9.54. The van der Waals surface area contributed by atoms with Gasteiger partial charge in [0.1, 0.15) is 5.75 Å². The molecular formula is C12H19N3O. The average molecular weight is 221 g/mol. The quantitative estimate of drug-likeness (QED) is 0.685. The van der Waals surface area contributed by atoms with Crippen LogP contribution in [0.15, 0.2) is 18.2 Å². The maximum Gasteiger partial charge on any atom is 0.120 e. The van der Waals surface area contributed by atoms with Crippen molar-refractivity contribution in [2.45, 2.75) is 13.1 Å². The van der Waals surface area contributed by atoms with E-state index in [1.807, 2.05) is 12.1 Å². The van der Waals surface area contributed by atoms with Gasteiger partial charge in [-0.1, -0.05) is 6.07 Å². The van der Waals surface area contributed by atoms with Gasteiger partial charge in [0.15, 0.2) is 0 Å². The minimum atomic E-state index is 0.298. The summed E-state index contributed by atoms with van der Waals surface area (Å²) in [5.74, 6) is 0.298. The second-order valence-electron chi connectivity index (χ2n) is 4.19. The highest BCUT2D eigenvalue weighted by Gasteiger charge is 2.10. The molecule has 0 atom stereocenters. The fourth-order valence-corrected chi connectivity index (χ4v) is 2.03. The van der Waals surface area contributed by atoms with Gasteiger partial charge in [-0.2, -0.15) is 0 Å². The SMILES string of the molecule is NCc1cc(CN2CCNCC2)ccc1O. The summed E-state index contributed by atoms with van der Waals surface area (Å²) in [7, 11) is 0. The predicted octanol–water partition coefficient (Wildman–Crippen LogP) is 0.256. The van der Waals surface area contributed by atoms with Gasteiger partial charge >= 0.3 is 0 Å². The van der Waals surface area contributed by atoms with Crippen molar-refractivity contribution in [2.24, 2.45) is 5.73 Å². The topological polar surface area (TPSA) is 61.5 Å². The molecule has 0 bridgehead atoms. The molecule has 1 aliphatic rings. The Hall–Kier alpha value is -1.10. The van der Waals surface area contributed by atoms with Crippen LogP contribution in [0.4, 0.5) is 0 Å². The summed E-state index contributed by atoms with van der Waals surface area (Å²) in [6.07, 6.45) is 0. The van der Waals surface area contributed by atoms with Gasteiger partial charge in [0.05, 0.1) is 0 Å². The summed E-state index contributed by atoms with van der Waals surface area (Å²) in [4.78, 5) is 2.41. The summed E-state index contributed by atoms with van der Waals surface area (Å²) in [6, 6.07) is 5.70. The van der Waals surface area contributed by atoms with Crippen molar-refractivity contribution in [3.8, 4) is 5.75 Å². The lowest BCUT2D eigenvalue weighted by Crippen LogP contribution is -2.42. The van der Waals surface area contributed by atoms with Crippen molar-refractivity contribution in [3.05, 3.63) is 29.3 Å². The van der Waals surface area contributed by atoms with Crippen LogP contribution in [0.3, 0.4) is 0 Å². The Kier molecular flexibility index (Phi) is 3.77. The molecular weight excluding hydrogens is 202 g/mol. The van der Waals surface area contributed by atoms with Gasteiger partial charge in [-0.25, -0.2) is 0 Å². The van der Waals surface area contributed by atoms with E-state index in [1.54, 1.807) is 6.07 Å². The summed E-state index contributed by atoms with van der Waals surface area (Å²) in [6.45, 7) is 5.61. The first-order valence-corrected chi connectivity index (χ1v) is 5.73. The summed E-state index contributed by atoms with van der Waals surface area (Å²) in [5, 5.41) is 12.9. The first-order chi connectivity index (χ1) is 7.79. The molecule has 0 amide bonds. The van der Waals surface area contributed by atoms with E-state index in [4.69, 9.17) is 5.73 Å². The Morgan fingerprint density at radius 1 is 1.31 bits per heavy atom. The molecule has 0 aromatic heterocycles. The second-order valence-corrected chi connectivity index (χ2v) is 4.19. The Bertz CT molecular complexity index is 348. The van der Waals surface area contributed by atoms with Crippen LogP contribution in [0.5, 0.6) is 5.75 Å². The molecule has 16 heavy (non-hydrogen) atoms. The van der Waals surface area contributed by atoms with Crippen molar-refractivity contribution in [3.63, 3.8) is 0 Å². The molecule has 0 unspecified atom stereocenters. The third kappa shape index (κ3) is 2.72. The van der Waals surface area contributed by atoms with Crippen molar-refractivity contribution >= 4 is 0 Å². The first kappa shape index (κ1) is 11.4. The number of aromatic hydroxyl groups is 1. The van der Waals surface area contributed by atoms with Crippen LogP contribution in [-0.2, 0) is 13.1 Å². The zero-order valence-corrected chi connectivity index (χ0v) is 9.45. The van der Waals surface area contributed by atoms with Crippen LogP contribution in [0, 0.1) is 0 Å². The van der Waals surface area contributed by atoms with E-state index in [0.717, 1.165) is 38.3 Å². The average Bonchev–Trinajstić information content (AvgIpc) is 2.33. The molecule has 4 heteroatoms. The minimum absolute atomic E-state index is 0.298. The van der Waals surface area contributed by atoms with E-state index in [2.05, 4.69) is 10.2 Å².